The van der Waals surface area contributed by atoms with Gasteiger partial charge in [0.1, 0.15) is 5.69 Å². The molecule has 5 nitrogen and oxygen atoms in total. The Balaban J connectivity index is 1.81. The predicted molar refractivity (Wildman–Crippen MR) is 77.9 cm³/mol. The molecule has 0 spiro atoms. The quantitative estimate of drug-likeness (QED) is 0.376. The fourth-order valence-electron chi connectivity index (χ4n) is 2.49. The zero-order valence-corrected chi connectivity index (χ0v) is 11.0. The predicted octanol–water partition coefficient (Wildman–Crippen LogP) is 1.74. The zero-order chi connectivity index (χ0) is 13.9. The molecule has 0 saturated carbocycles. The summed E-state index contributed by atoms with van der Waals surface area (Å²) in [5.74, 6) is 0.0283. The second kappa shape index (κ2) is 5.21. The SMILES string of the molecule is N/C(=N/O)c1ccc(N2CCc3ccccc3C2)cn1. The number of nitrogens with two attached hydrogens (primary N) is 1. The van der Waals surface area contributed by atoms with Gasteiger partial charge in [-0.3, -0.25) is 4.98 Å². The van der Waals surface area contributed by atoms with Gasteiger partial charge in [0, 0.05) is 13.1 Å². The molecule has 2 aromatic rings. The van der Waals surface area contributed by atoms with E-state index in [2.05, 4.69) is 39.3 Å². The third-order valence-electron chi connectivity index (χ3n) is 3.61. The first kappa shape index (κ1) is 12.5. The molecule has 5 heteroatoms. The third kappa shape index (κ3) is 2.30. The normalized spacial score (nSPS) is 15.0. The smallest absolute Gasteiger partial charge is 0.188 e. The maximum Gasteiger partial charge on any atom is 0.188 e. The number of anilines is 1. The molecule has 0 aliphatic carbocycles. The minimum Gasteiger partial charge on any atom is -0.409 e. The van der Waals surface area contributed by atoms with Crippen molar-refractivity contribution < 1.29 is 5.21 Å². The topological polar surface area (TPSA) is 74.7 Å². The Morgan fingerprint density at radius 1 is 1.20 bits per heavy atom. The molecule has 1 aromatic carbocycles. The highest BCUT2D eigenvalue weighted by Gasteiger charge is 2.16. The van der Waals surface area contributed by atoms with E-state index in [0.29, 0.717) is 5.69 Å². The molecule has 102 valence electrons. The van der Waals surface area contributed by atoms with Crippen molar-refractivity contribution in [2.24, 2.45) is 10.9 Å². The van der Waals surface area contributed by atoms with Crippen LogP contribution in [0.2, 0.25) is 0 Å². The molecule has 3 N–H and O–H groups in total. The van der Waals surface area contributed by atoms with Crippen molar-refractivity contribution >= 4 is 11.5 Å². The summed E-state index contributed by atoms with van der Waals surface area (Å²) in [4.78, 5) is 6.51. The van der Waals surface area contributed by atoms with Crippen molar-refractivity contribution in [2.75, 3.05) is 11.4 Å². The Kier molecular flexibility index (Phi) is 3.25. The molecule has 0 unspecified atom stereocenters. The van der Waals surface area contributed by atoms with Crippen LogP contribution >= 0.6 is 0 Å². The summed E-state index contributed by atoms with van der Waals surface area (Å²) in [5.41, 5.74) is 9.82. The van der Waals surface area contributed by atoms with E-state index in [0.717, 1.165) is 25.2 Å². The van der Waals surface area contributed by atoms with Crippen molar-refractivity contribution in [3.8, 4) is 0 Å². The van der Waals surface area contributed by atoms with E-state index < -0.39 is 0 Å². The van der Waals surface area contributed by atoms with Crippen LogP contribution in [0.4, 0.5) is 5.69 Å². The molecule has 1 aliphatic heterocycles. The largest absolute Gasteiger partial charge is 0.409 e. The number of oxime groups is 1. The molecule has 0 fully saturated rings. The number of rotatable bonds is 2. The first-order chi connectivity index (χ1) is 9.78. The number of nitrogens with zero attached hydrogens (tertiary/aromatic N) is 3. The number of benzene rings is 1. The lowest BCUT2D eigenvalue weighted by atomic mass is 10.00. The summed E-state index contributed by atoms with van der Waals surface area (Å²) in [6.07, 6.45) is 2.81. The van der Waals surface area contributed by atoms with Crippen molar-refractivity contribution in [3.63, 3.8) is 0 Å². The zero-order valence-electron chi connectivity index (χ0n) is 11.0. The van der Waals surface area contributed by atoms with Crippen LogP contribution in [-0.4, -0.2) is 22.6 Å². The molecule has 1 aromatic heterocycles. The van der Waals surface area contributed by atoms with Gasteiger partial charge >= 0.3 is 0 Å². The van der Waals surface area contributed by atoms with Gasteiger partial charge in [-0.05, 0) is 29.7 Å². The first-order valence-corrected chi connectivity index (χ1v) is 6.53. The van der Waals surface area contributed by atoms with E-state index in [-0.39, 0.29) is 5.84 Å². The second-order valence-corrected chi connectivity index (χ2v) is 4.83. The lowest BCUT2D eigenvalue weighted by Crippen LogP contribution is -2.30. The first-order valence-electron chi connectivity index (χ1n) is 6.53. The Labute approximate surface area is 117 Å². The number of fused-ring (bicyclic) bond motifs is 1. The molecular formula is C15H16N4O. The maximum atomic E-state index is 8.63. The summed E-state index contributed by atoms with van der Waals surface area (Å²) in [6, 6.07) is 12.2. The van der Waals surface area contributed by atoms with E-state index in [1.807, 2.05) is 6.07 Å². The van der Waals surface area contributed by atoms with E-state index >= 15 is 0 Å². The van der Waals surface area contributed by atoms with Gasteiger partial charge in [0.05, 0.1) is 11.9 Å². The standard InChI is InChI=1S/C15H16N4O/c16-15(18-20)14-6-5-13(9-17-14)19-8-7-11-3-1-2-4-12(11)10-19/h1-6,9,20H,7-8,10H2,(H2,16,18). The molecule has 20 heavy (non-hydrogen) atoms. The van der Waals surface area contributed by atoms with Crippen LogP contribution in [0.1, 0.15) is 16.8 Å². The molecule has 0 saturated heterocycles. The molecule has 0 amide bonds. The van der Waals surface area contributed by atoms with Crippen LogP contribution in [0.15, 0.2) is 47.8 Å². The van der Waals surface area contributed by atoms with Crippen LogP contribution in [0.5, 0.6) is 0 Å². The molecule has 0 atom stereocenters. The van der Waals surface area contributed by atoms with Crippen LogP contribution in [-0.2, 0) is 13.0 Å². The molecule has 2 heterocycles. The summed E-state index contributed by atoms with van der Waals surface area (Å²) >= 11 is 0. The monoisotopic (exact) mass is 268 g/mol. The van der Waals surface area contributed by atoms with Gasteiger partial charge in [-0.2, -0.15) is 0 Å². The Bertz CT molecular complexity index is 637. The molecule has 1 aliphatic rings. The Hall–Kier alpha value is -2.56. The summed E-state index contributed by atoms with van der Waals surface area (Å²) in [7, 11) is 0. The third-order valence-corrected chi connectivity index (χ3v) is 3.61. The van der Waals surface area contributed by atoms with Crippen molar-refractivity contribution in [3.05, 3.63) is 59.4 Å². The van der Waals surface area contributed by atoms with Gasteiger partial charge in [0.2, 0.25) is 0 Å². The highest BCUT2D eigenvalue weighted by molar-refractivity contribution is 5.95. The Morgan fingerprint density at radius 3 is 2.70 bits per heavy atom. The van der Waals surface area contributed by atoms with E-state index in [1.165, 1.54) is 11.1 Å². The van der Waals surface area contributed by atoms with Gasteiger partial charge in [0.25, 0.3) is 0 Å². The number of hydrogen-bond acceptors (Lipinski definition) is 4. The number of amidine groups is 1. The van der Waals surface area contributed by atoms with Crippen LogP contribution in [0.3, 0.4) is 0 Å². The minimum absolute atomic E-state index is 0.0283. The average Bonchev–Trinajstić information content (AvgIpc) is 2.54. The Morgan fingerprint density at radius 2 is 2.00 bits per heavy atom. The highest BCUT2D eigenvalue weighted by Crippen LogP contribution is 2.23. The minimum atomic E-state index is 0.0283. The summed E-state index contributed by atoms with van der Waals surface area (Å²) in [6.45, 7) is 1.86. The number of aromatic nitrogens is 1. The van der Waals surface area contributed by atoms with Crippen molar-refractivity contribution in [1.82, 2.24) is 4.98 Å². The van der Waals surface area contributed by atoms with Crippen LogP contribution in [0, 0.1) is 0 Å². The van der Waals surface area contributed by atoms with Crippen molar-refractivity contribution in [2.45, 2.75) is 13.0 Å². The fourth-order valence-corrected chi connectivity index (χ4v) is 2.49. The number of pyridine rings is 1. The van der Waals surface area contributed by atoms with E-state index in [4.69, 9.17) is 10.9 Å². The van der Waals surface area contributed by atoms with E-state index in [9.17, 15) is 0 Å². The highest BCUT2D eigenvalue weighted by atomic mass is 16.4. The summed E-state index contributed by atoms with van der Waals surface area (Å²) < 4.78 is 0. The van der Waals surface area contributed by atoms with Crippen molar-refractivity contribution in [1.29, 1.82) is 0 Å². The van der Waals surface area contributed by atoms with Gasteiger partial charge in [0.15, 0.2) is 5.84 Å². The molecule has 3 rings (SSSR count). The van der Waals surface area contributed by atoms with Crippen LogP contribution in [0.25, 0.3) is 0 Å². The van der Waals surface area contributed by atoms with Gasteiger partial charge in [-0.1, -0.05) is 29.4 Å². The fraction of sp³-hybridized carbons (Fsp3) is 0.200. The molecule has 0 bridgehead atoms. The number of hydrogen-bond donors (Lipinski definition) is 2. The lowest BCUT2D eigenvalue weighted by Gasteiger charge is -2.30. The summed E-state index contributed by atoms with van der Waals surface area (Å²) in [5, 5.41) is 11.6. The lowest BCUT2D eigenvalue weighted by molar-refractivity contribution is 0.318. The van der Waals surface area contributed by atoms with E-state index in [1.54, 1.807) is 12.3 Å². The maximum absolute atomic E-state index is 8.63. The van der Waals surface area contributed by atoms with Gasteiger partial charge in [-0.25, -0.2) is 0 Å². The second-order valence-electron chi connectivity index (χ2n) is 4.83. The van der Waals surface area contributed by atoms with Gasteiger partial charge in [-0.15, -0.1) is 0 Å². The van der Waals surface area contributed by atoms with Crippen LogP contribution < -0.4 is 10.6 Å². The molecule has 0 radical (unpaired) electrons. The average molecular weight is 268 g/mol. The molecular weight excluding hydrogens is 252 g/mol. The van der Waals surface area contributed by atoms with Gasteiger partial charge < -0.3 is 15.8 Å².